The van der Waals surface area contributed by atoms with Crippen LogP contribution in [0.1, 0.15) is 22.8 Å². The van der Waals surface area contributed by atoms with E-state index in [2.05, 4.69) is 0 Å². The summed E-state index contributed by atoms with van der Waals surface area (Å²) in [5, 5.41) is 0.876. The van der Waals surface area contributed by atoms with Gasteiger partial charge in [-0.1, -0.05) is 35.3 Å². The number of anilines is 1. The number of hydrogen-bond donors (Lipinski definition) is 1. The molecule has 0 radical (unpaired) electrons. The molecule has 0 aliphatic carbocycles. The van der Waals surface area contributed by atoms with Gasteiger partial charge in [0.25, 0.3) is 5.91 Å². The average molecular weight is 323 g/mol. The molecule has 2 rings (SSSR count). The van der Waals surface area contributed by atoms with Crippen LogP contribution in [0.2, 0.25) is 10.0 Å². The van der Waals surface area contributed by atoms with Crippen molar-refractivity contribution in [3.63, 3.8) is 0 Å². The molecule has 0 spiro atoms. The molecular weight excluding hydrogens is 307 g/mol. The van der Waals surface area contributed by atoms with Crippen LogP contribution in [0.25, 0.3) is 0 Å². The number of nitrogen functional groups attached to an aromatic ring is 1. The van der Waals surface area contributed by atoms with Gasteiger partial charge in [0.15, 0.2) is 0 Å². The molecular formula is C16H16Cl2N2O. The third-order valence-electron chi connectivity index (χ3n) is 3.18. The van der Waals surface area contributed by atoms with Crippen LogP contribution < -0.4 is 5.73 Å². The van der Waals surface area contributed by atoms with Crippen LogP contribution in [0.5, 0.6) is 0 Å². The second-order valence-corrected chi connectivity index (χ2v) is 5.53. The van der Waals surface area contributed by atoms with Crippen molar-refractivity contribution in [2.24, 2.45) is 0 Å². The summed E-state index contributed by atoms with van der Waals surface area (Å²) in [6.45, 7) is 3.02. The topological polar surface area (TPSA) is 46.3 Å². The van der Waals surface area contributed by atoms with Crippen molar-refractivity contribution in [2.75, 3.05) is 12.3 Å². The van der Waals surface area contributed by atoms with Gasteiger partial charge in [-0.15, -0.1) is 0 Å². The number of carbonyl (C=O) groups excluding carboxylic acids is 1. The standard InChI is InChI=1S/C16H16Cl2N2O/c1-2-20(10-11-3-6-13(19)7-4-11)16(21)14-8-5-12(17)9-15(14)18/h3-9H,2,10,19H2,1H3. The van der Waals surface area contributed by atoms with Gasteiger partial charge in [-0.2, -0.15) is 0 Å². The zero-order valence-electron chi connectivity index (χ0n) is 11.6. The van der Waals surface area contributed by atoms with E-state index >= 15 is 0 Å². The summed E-state index contributed by atoms with van der Waals surface area (Å²) in [7, 11) is 0. The summed E-state index contributed by atoms with van der Waals surface area (Å²) < 4.78 is 0. The first-order valence-electron chi connectivity index (χ1n) is 6.60. The summed E-state index contributed by atoms with van der Waals surface area (Å²) in [4.78, 5) is 14.3. The lowest BCUT2D eigenvalue weighted by Crippen LogP contribution is -2.30. The molecule has 0 aromatic heterocycles. The van der Waals surface area contributed by atoms with Crippen LogP contribution in [0.3, 0.4) is 0 Å². The van der Waals surface area contributed by atoms with E-state index in [1.54, 1.807) is 23.1 Å². The van der Waals surface area contributed by atoms with Gasteiger partial charge < -0.3 is 10.6 Å². The highest BCUT2D eigenvalue weighted by Gasteiger charge is 2.17. The fraction of sp³-hybridized carbons (Fsp3) is 0.188. The lowest BCUT2D eigenvalue weighted by Gasteiger charge is -2.21. The number of benzene rings is 2. The normalized spacial score (nSPS) is 10.4. The number of carbonyl (C=O) groups is 1. The lowest BCUT2D eigenvalue weighted by molar-refractivity contribution is 0.0753. The predicted molar refractivity (Wildman–Crippen MR) is 87.7 cm³/mol. The number of rotatable bonds is 4. The zero-order chi connectivity index (χ0) is 15.4. The Hall–Kier alpha value is -1.71. The van der Waals surface area contributed by atoms with Gasteiger partial charge in [-0.05, 0) is 42.8 Å². The van der Waals surface area contributed by atoms with E-state index in [4.69, 9.17) is 28.9 Å². The molecule has 2 aromatic rings. The maximum absolute atomic E-state index is 12.6. The third-order valence-corrected chi connectivity index (χ3v) is 3.73. The molecule has 3 nitrogen and oxygen atoms in total. The molecule has 0 saturated heterocycles. The summed E-state index contributed by atoms with van der Waals surface area (Å²) in [6, 6.07) is 12.4. The molecule has 110 valence electrons. The van der Waals surface area contributed by atoms with Gasteiger partial charge in [0.1, 0.15) is 0 Å². The van der Waals surface area contributed by atoms with Gasteiger partial charge in [-0.3, -0.25) is 4.79 Å². The summed E-state index contributed by atoms with van der Waals surface area (Å²) in [5.74, 6) is -0.115. The Balaban J connectivity index is 2.20. The monoisotopic (exact) mass is 322 g/mol. The number of hydrogen-bond acceptors (Lipinski definition) is 2. The molecule has 0 atom stereocenters. The number of amides is 1. The van der Waals surface area contributed by atoms with Crippen molar-refractivity contribution >= 4 is 34.8 Å². The third kappa shape index (κ3) is 3.90. The maximum Gasteiger partial charge on any atom is 0.255 e. The molecule has 21 heavy (non-hydrogen) atoms. The predicted octanol–water partition coefficient (Wildman–Crippen LogP) is 4.24. The average Bonchev–Trinajstić information content (AvgIpc) is 2.46. The Kier molecular flexibility index (Phi) is 5.10. The first kappa shape index (κ1) is 15.7. The number of nitrogens with two attached hydrogens (primary N) is 1. The minimum absolute atomic E-state index is 0.115. The minimum Gasteiger partial charge on any atom is -0.399 e. The highest BCUT2D eigenvalue weighted by atomic mass is 35.5. The van der Waals surface area contributed by atoms with Crippen LogP contribution in [0.15, 0.2) is 42.5 Å². The van der Waals surface area contributed by atoms with Gasteiger partial charge in [0.2, 0.25) is 0 Å². The Morgan fingerprint density at radius 3 is 2.38 bits per heavy atom. The Bertz CT molecular complexity index is 641. The zero-order valence-corrected chi connectivity index (χ0v) is 13.2. The van der Waals surface area contributed by atoms with Crippen LogP contribution in [0, 0.1) is 0 Å². The van der Waals surface area contributed by atoms with Crippen LogP contribution in [-0.4, -0.2) is 17.4 Å². The van der Waals surface area contributed by atoms with E-state index in [9.17, 15) is 4.79 Å². The molecule has 0 aliphatic heterocycles. The molecule has 0 aliphatic rings. The summed E-state index contributed by atoms with van der Waals surface area (Å²) in [5.41, 5.74) is 7.84. The molecule has 1 amide bonds. The van der Waals surface area contributed by atoms with Crippen molar-refractivity contribution in [1.82, 2.24) is 4.90 Å². The van der Waals surface area contributed by atoms with Crippen molar-refractivity contribution in [2.45, 2.75) is 13.5 Å². The van der Waals surface area contributed by atoms with Crippen molar-refractivity contribution < 1.29 is 4.79 Å². The van der Waals surface area contributed by atoms with Gasteiger partial charge in [0.05, 0.1) is 10.6 Å². The van der Waals surface area contributed by atoms with Gasteiger partial charge in [-0.25, -0.2) is 0 Å². The van der Waals surface area contributed by atoms with Crippen LogP contribution >= 0.6 is 23.2 Å². The molecule has 0 fully saturated rings. The lowest BCUT2D eigenvalue weighted by atomic mass is 10.1. The molecule has 5 heteroatoms. The Morgan fingerprint density at radius 2 is 1.81 bits per heavy atom. The SMILES string of the molecule is CCN(Cc1ccc(N)cc1)C(=O)c1ccc(Cl)cc1Cl. The highest BCUT2D eigenvalue weighted by Crippen LogP contribution is 2.23. The van der Waals surface area contributed by atoms with E-state index in [-0.39, 0.29) is 5.91 Å². The summed E-state index contributed by atoms with van der Waals surface area (Å²) in [6.07, 6.45) is 0. The molecule has 0 bridgehead atoms. The van der Waals surface area contributed by atoms with Gasteiger partial charge >= 0.3 is 0 Å². The molecule has 0 unspecified atom stereocenters. The van der Waals surface area contributed by atoms with E-state index in [1.165, 1.54) is 0 Å². The van der Waals surface area contributed by atoms with Crippen molar-refractivity contribution in [1.29, 1.82) is 0 Å². The maximum atomic E-state index is 12.6. The minimum atomic E-state index is -0.115. The van der Waals surface area contributed by atoms with Crippen LogP contribution in [-0.2, 0) is 6.54 Å². The Morgan fingerprint density at radius 1 is 1.14 bits per heavy atom. The van der Waals surface area contributed by atoms with E-state index < -0.39 is 0 Å². The highest BCUT2D eigenvalue weighted by molar-refractivity contribution is 6.36. The second kappa shape index (κ2) is 6.83. The molecule has 0 heterocycles. The van der Waals surface area contributed by atoms with E-state index in [0.717, 1.165) is 5.56 Å². The van der Waals surface area contributed by atoms with E-state index in [1.807, 2.05) is 31.2 Å². The largest absolute Gasteiger partial charge is 0.399 e. The molecule has 2 N–H and O–H groups in total. The van der Waals surface area contributed by atoms with Crippen molar-refractivity contribution in [3.05, 3.63) is 63.6 Å². The fourth-order valence-electron chi connectivity index (χ4n) is 2.00. The van der Waals surface area contributed by atoms with Crippen LogP contribution in [0.4, 0.5) is 5.69 Å². The molecule has 2 aromatic carbocycles. The van der Waals surface area contributed by atoms with Gasteiger partial charge in [0, 0.05) is 23.8 Å². The number of halogens is 2. The van der Waals surface area contributed by atoms with Crippen molar-refractivity contribution in [3.8, 4) is 0 Å². The summed E-state index contributed by atoms with van der Waals surface area (Å²) >= 11 is 12.0. The molecule has 0 saturated carbocycles. The Labute approximate surface area is 134 Å². The van der Waals surface area contributed by atoms with E-state index in [0.29, 0.717) is 34.4 Å². The first-order chi connectivity index (χ1) is 10.0. The quantitative estimate of drug-likeness (QED) is 0.856. The smallest absolute Gasteiger partial charge is 0.255 e. The first-order valence-corrected chi connectivity index (χ1v) is 7.35. The second-order valence-electron chi connectivity index (χ2n) is 4.69. The number of nitrogens with zero attached hydrogens (tertiary/aromatic N) is 1. The fourth-order valence-corrected chi connectivity index (χ4v) is 2.49.